The Morgan fingerprint density at radius 1 is 1.17 bits per heavy atom. The lowest BCUT2D eigenvalue weighted by molar-refractivity contribution is 0.238. The van der Waals surface area contributed by atoms with Gasteiger partial charge in [-0.25, -0.2) is 9.97 Å². The van der Waals surface area contributed by atoms with E-state index in [4.69, 9.17) is 16.6 Å². The third-order valence-electron chi connectivity index (χ3n) is 4.55. The molecule has 24 heavy (non-hydrogen) atoms. The fourth-order valence-electron chi connectivity index (χ4n) is 3.14. The number of nitrogens with zero attached hydrogens (tertiary/aromatic N) is 4. The molecule has 4 nitrogen and oxygen atoms in total. The lowest BCUT2D eigenvalue weighted by Crippen LogP contribution is -2.31. The maximum absolute atomic E-state index is 5.95. The van der Waals surface area contributed by atoms with Crippen molar-refractivity contribution in [3.05, 3.63) is 70.8 Å². The molecule has 4 rings (SSSR count). The summed E-state index contributed by atoms with van der Waals surface area (Å²) < 4.78 is 2.18. The lowest BCUT2D eigenvalue weighted by Gasteiger charge is -2.28. The zero-order valence-electron chi connectivity index (χ0n) is 13.6. The van der Waals surface area contributed by atoms with Crippen LogP contribution in [0.3, 0.4) is 0 Å². The number of benzene rings is 1. The molecule has 0 unspecified atom stereocenters. The molecule has 122 valence electrons. The summed E-state index contributed by atoms with van der Waals surface area (Å²) in [4.78, 5) is 11.8. The molecule has 0 bridgehead atoms. The zero-order chi connectivity index (χ0) is 16.5. The number of rotatable bonds is 3. The van der Waals surface area contributed by atoms with Gasteiger partial charge in [0.2, 0.25) is 0 Å². The van der Waals surface area contributed by atoms with Gasteiger partial charge in [-0.1, -0.05) is 11.6 Å². The fourth-order valence-corrected chi connectivity index (χ4v) is 3.26. The molecule has 0 saturated carbocycles. The van der Waals surface area contributed by atoms with Crippen molar-refractivity contribution in [2.45, 2.75) is 19.5 Å². The quantitative estimate of drug-likeness (QED) is 0.730. The number of hydrogen-bond donors (Lipinski definition) is 0. The molecule has 0 aliphatic carbocycles. The molecule has 2 aromatic heterocycles. The van der Waals surface area contributed by atoms with Crippen LogP contribution in [0.1, 0.15) is 17.0 Å². The third kappa shape index (κ3) is 3.07. The van der Waals surface area contributed by atoms with Crippen LogP contribution in [0.2, 0.25) is 5.02 Å². The summed E-state index contributed by atoms with van der Waals surface area (Å²) in [5.74, 6) is 0.779. The Balaban J connectivity index is 1.53. The number of fused-ring (bicyclic) bond motifs is 1. The van der Waals surface area contributed by atoms with Crippen LogP contribution < -0.4 is 0 Å². The van der Waals surface area contributed by atoms with Gasteiger partial charge >= 0.3 is 0 Å². The number of aromatic nitrogens is 3. The average Bonchev–Trinajstić information content (AvgIpc) is 3.00. The summed E-state index contributed by atoms with van der Waals surface area (Å²) in [6.07, 6.45) is 5.03. The van der Waals surface area contributed by atoms with Crippen LogP contribution in [-0.2, 0) is 26.6 Å². The van der Waals surface area contributed by atoms with E-state index in [9.17, 15) is 0 Å². The van der Waals surface area contributed by atoms with Crippen molar-refractivity contribution < 1.29 is 0 Å². The van der Waals surface area contributed by atoms with Crippen molar-refractivity contribution in [1.82, 2.24) is 19.4 Å². The average molecular weight is 339 g/mol. The maximum atomic E-state index is 5.95. The topological polar surface area (TPSA) is 34.0 Å². The molecule has 5 heteroatoms. The Hall–Kier alpha value is -2.17. The van der Waals surface area contributed by atoms with Crippen LogP contribution in [0.25, 0.3) is 11.4 Å². The summed E-state index contributed by atoms with van der Waals surface area (Å²) in [7, 11) is 2.09. The van der Waals surface area contributed by atoms with Crippen LogP contribution in [0.5, 0.6) is 0 Å². The second kappa shape index (κ2) is 6.38. The normalized spacial score (nSPS) is 14.6. The Morgan fingerprint density at radius 3 is 2.75 bits per heavy atom. The second-order valence-corrected chi connectivity index (χ2v) is 6.68. The summed E-state index contributed by atoms with van der Waals surface area (Å²) in [6, 6.07) is 12.0. The maximum Gasteiger partial charge on any atom is 0.159 e. The molecule has 0 amide bonds. The van der Waals surface area contributed by atoms with Crippen molar-refractivity contribution in [2.24, 2.45) is 7.05 Å². The number of halogens is 1. The van der Waals surface area contributed by atoms with Crippen molar-refractivity contribution >= 4 is 11.6 Å². The van der Waals surface area contributed by atoms with Crippen LogP contribution in [0.4, 0.5) is 0 Å². The zero-order valence-corrected chi connectivity index (χ0v) is 14.4. The molecular formula is C19H19ClN4. The molecule has 1 aliphatic rings. The monoisotopic (exact) mass is 338 g/mol. The summed E-state index contributed by atoms with van der Waals surface area (Å²) in [5, 5.41) is 0.730. The minimum Gasteiger partial charge on any atom is -0.353 e. The Morgan fingerprint density at radius 2 is 2.00 bits per heavy atom. The van der Waals surface area contributed by atoms with Gasteiger partial charge in [0.15, 0.2) is 5.82 Å². The molecule has 3 aromatic rings. The first kappa shape index (κ1) is 15.4. The van der Waals surface area contributed by atoms with E-state index in [1.807, 2.05) is 30.5 Å². The van der Waals surface area contributed by atoms with Gasteiger partial charge in [0, 0.05) is 67.3 Å². The summed E-state index contributed by atoms with van der Waals surface area (Å²) in [6.45, 7) is 2.89. The predicted octanol–water partition coefficient (Wildman–Crippen LogP) is 3.69. The summed E-state index contributed by atoms with van der Waals surface area (Å²) >= 11 is 5.95. The van der Waals surface area contributed by atoms with E-state index in [-0.39, 0.29) is 0 Å². The highest BCUT2D eigenvalue weighted by Crippen LogP contribution is 2.23. The van der Waals surface area contributed by atoms with Crippen molar-refractivity contribution in [3.8, 4) is 11.4 Å². The first-order valence-corrected chi connectivity index (χ1v) is 8.50. The number of hydrogen-bond acceptors (Lipinski definition) is 3. The smallest absolute Gasteiger partial charge is 0.159 e. The summed E-state index contributed by atoms with van der Waals surface area (Å²) in [5.41, 5.74) is 4.73. The SMILES string of the molecule is Cn1cccc1CN1CCc2nc(-c3ccc(Cl)cc3)ncc2C1. The van der Waals surface area contributed by atoms with Gasteiger partial charge in [0.25, 0.3) is 0 Å². The molecule has 1 aromatic carbocycles. The van der Waals surface area contributed by atoms with Gasteiger partial charge in [0.05, 0.1) is 5.69 Å². The molecule has 0 atom stereocenters. The van der Waals surface area contributed by atoms with Gasteiger partial charge in [0.1, 0.15) is 0 Å². The Kier molecular flexibility index (Phi) is 4.08. The standard InChI is InChI=1S/C19H19ClN4/c1-23-9-2-3-17(23)13-24-10-8-18-15(12-24)11-21-19(22-18)14-4-6-16(20)7-5-14/h2-7,9,11H,8,10,12-13H2,1H3. The molecule has 0 N–H and O–H groups in total. The van der Waals surface area contributed by atoms with Crippen LogP contribution in [0.15, 0.2) is 48.8 Å². The second-order valence-electron chi connectivity index (χ2n) is 6.24. The first-order chi connectivity index (χ1) is 11.7. The number of aryl methyl sites for hydroxylation is 1. The van der Waals surface area contributed by atoms with E-state index < -0.39 is 0 Å². The van der Waals surface area contributed by atoms with E-state index in [1.54, 1.807) is 0 Å². The third-order valence-corrected chi connectivity index (χ3v) is 4.80. The highest BCUT2D eigenvalue weighted by atomic mass is 35.5. The molecule has 0 fully saturated rings. The van der Waals surface area contributed by atoms with E-state index in [0.29, 0.717) is 0 Å². The van der Waals surface area contributed by atoms with Crippen molar-refractivity contribution in [1.29, 1.82) is 0 Å². The van der Waals surface area contributed by atoms with Gasteiger partial charge in [-0.15, -0.1) is 0 Å². The molecule has 0 radical (unpaired) electrons. The lowest BCUT2D eigenvalue weighted by atomic mass is 10.1. The molecule has 3 heterocycles. The minimum atomic E-state index is 0.730. The van der Waals surface area contributed by atoms with Crippen LogP contribution in [-0.4, -0.2) is 26.0 Å². The predicted molar refractivity (Wildman–Crippen MR) is 95.7 cm³/mol. The largest absolute Gasteiger partial charge is 0.353 e. The highest BCUT2D eigenvalue weighted by molar-refractivity contribution is 6.30. The van der Waals surface area contributed by atoms with E-state index in [1.165, 1.54) is 11.3 Å². The molecule has 1 aliphatic heterocycles. The van der Waals surface area contributed by atoms with Gasteiger partial charge in [-0.2, -0.15) is 0 Å². The Labute approximate surface area is 146 Å². The van der Waals surface area contributed by atoms with E-state index in [2.05, 4.69) is 39.8 Å². The fraction of sp³-hybridized carbons (Fsp3) is 0.263. The minimum absolute atomic E-state index is 0.730. The first-order valence-electron chi connectivity index (χ1n) is 8.12. The van der Waals surface area contributed by atoms with Crippen LogP contribution in [0, 0.1) is 0 Å². The van der Waals surface area contributed by atoms with Gasteiger partial charge < -0.3 is 4.57 Å². The van der Waals surface area contributed by atoms with Crippen molar-refractivity contribution in [3.63, 3.8) is 0 Å². The van der Waals surface area contributed by atoms with Crippen molar-refractivity contribution in [2.75, 3.05) is 6.54 Å². The molecule has 0 saturated heterocycles. The van der Waals surface area contributed by atoms with Gasteiger partial charge in [-0.05, 0) is 36.4 Å². The highest BCUT2D eigenvalue weighted by Gasteiger charge is 2.19. The molecule has 0 spiro atoms. The van der Waals surface area contributed by atoms with Crippen LogP contribution >= 0.6 is 11.6 Å². The van der Waals surface area contributed by atoms with Gasteiger partial charge in [-0.3, -0.25) is 4.90 Å². The Bertz CT molecular complexity index is 854. The molecular weight excluding hydrogens is 320 g/mol. The van der Waals surface area contributed by atoms with E-state index in [0.717, 1.165) is 48.2 Å². The van der Waals surface area contributed by atoms with E-state index >= 15 is 0 Å².